The van der Waals surface area contributed by atoms with E-state index in [1.807, 2.05) is 0 Å². The Labute approximate surface area is 150 Å². The molecule has 1 amide bonds. The average Bonchev–Trinajstić information content (AvgIpc) is 2.51. The van der Waals surface area contributed by atoms with Gasteiger partial charge in [-0.3, -0.25) is 4.79 Å². The predicted molar refractivity (Wildman–Crippen MR) is 95.2 cm³/mol. The third-order valence-electron chi connectivity index (χ3n) is 3.10. The maximum absolute atomic E-state index is 11.8. The minimum atomic E-state index is -3.72. The molecule has 0 bridgehead atoms. The number of benzene rings is 2. The van der Waals surface area contributed by atoms with Crippen LogP contribution in [0.1, 0.15) is 11.1 Å². The van der Waals surface area contributed by atoms with Crippen molar-refractivity contribution in [3.63, 3.8) is 0 Å². The standard InChI is InChI=1S/C16H14Cl2N2O3S/c17-13-5-3-12(15(18)9-13)4-8-16(21)20-10-11-1-6-14(7-2-11)24(19,22)23/h1-9H,10H2,(H,20,21)(H2,19,22,23)/b8-4+. The van der Waals surface area contributed by atoms with Crippen molar-refractivity contribution in [3.05, 3.63) is 69.7 Å². The monoisotopic (exact) mass is 384 g/mol. The number of carbonyl (C=O) groups is 1. The van der Waals surface area contributed by atoms with Crippen molar-refractivity contribution in [2.45, 2.75) is 11.4 Å². The highest BCUT2D eigenvalue weighted by Crippen LogP contribution is 2.21. The Hall–Kier alpha value is -1.86. The summed E-state index contributed by atoms with van der Waals surface area (Å²) in [5.74, 6) is -0.309. The van der Waals surface area contributed by atoms with Crippen molar-refractivity contribution in [3.8, 4) is 0 Å². The van der Waals surface area contributed by atoms with Crippen LogP contribution in [0.5, 0.6) is 0 Å². The Bertz CT molecular complexity index is 879. The molecule has 0 unspecified atom stereocenters. The molecule has 3 N–H and O–H groups in total. The molecule has 0 aliphatic heterocycles. The third-order valence-corrected chi connectivity index (χ3v) is 4.59. The van der Waals surface area contributed by atoms with E-state index >= 15 is 0 Å². The molecule has 5 nitrogen and oxygen atoms in total. The SMILES string of the molecule is NS(=O)(=O)c1ccc(CNC(=O)/C=C/c2ccc(Cl)cc2Cl)cc1. The van der Waals surface area contributed by atoms with Crippen molar-refractivity contribution >= 4 is 45.2 Å². The van der Waals surface area contributed by atoms with Gasteiger partial charge in [0.25, 0.3) is 0 Å². The summed E-state index contributed by atoms with van der Waals surface area (Å²) < 4.78 is 22.3. The van der Waals surface area contributed by atoms with Crippen molar-refractivity contribution < 1.29 is 13.2 Å². The van der Waals surface area contributed by atoms with Crippen LogP contribution in [0.4, 0.5) is 0 Å². The van der Waals surface area contributed by atoms with E-state index in [0.29, 0.717) is 15.6 Å². The second-order valence-corrected chi connectivity index (χ2v) is 7.31. The Morgan fingerprint density at radius 2 is 1.79 bits per heavy atom. The first kappa shape index (κ1) is 18.5. The number of sulfonamides is 1. The Balaban J connectivity index is 1.94. The zero-order valence-corrected chi connectivity index (χ0v) is 14.7. The molecule has 2 aromatic carbocycles. The fourth-order valence-corrected chi connectivity index (χ4v) is 2.83. The maximum atomic E-state index is 11.8. The molecule has 2 aromatic rings. The lowest BCUT2D eigenvalue weighted by Gasteiger charge is -2.04. The normalized spacial score (nSPS) is 11.6. The molecule has 126 valence electrons. The highest BCUT2D eigenvalue weighted by molar-refractivity contribution is 7.89. The van der Waals surface area contributed by atoms with Crippen LogP contribution in [-0.4, -0.2) is 14.3 Å². The molecule has 0 aliphatic carbocycles. The molecule has 2 rings (SSSR count). The summed E-state index contributed by atoms with van der Waals surface area (Å²) in [4.78, 5) is 11.8. The Morgan fingerprint density at radius 3 is 2.38 bits per heavy atom. The van der Waals surface area contributed by atoms with Crippen LogP contribution in [0.3, 0.4) is 0 Å². The summed E-state index contributed by atoms with van der Waals surface area (Å²) in [6.07, 6.45) is 2.94. The summed E-state index contributed by atoms with van der Waals surface area (Å²) in [7, 11) is -3.72. The molecule has 8 heteroatoms. The number of hydrogen-bond donors (Lipinski definition) is 2. The number of primary sulfonamides is 1. The third kappa shape index (κ3) is 5.35. The van der Waals surface area contributed by atoms with Gasteiger partial charge < -0.3 is 5.32 Å². The van der Waals surface area contributed by atoms with Crippen LogP contribution in [0.15, 0.2) is 53.4 Å². The number of nitrogens with two attached hydrogens (primary N) is 1. The lowest BCUT2D eigenvalue weighted by Crippen LogP contribution is -2.20. The molecule has 0 heterocycles. The predicted octanol–water partition coefficient (Wildman–Crippen LogP) is 2.97. The van der Waals surface area contributed by atoms with Crippen LogP contribution < -0.4 is 10.5 Å². The van der Waals surface area contributed by atoms with Gasteiger partial charge in [0.1, 0.15) is 0 Å². The van der Waals surface area contributed by atoms with Gasteiger partial charge in [-0.1, -0.05) is 41.4 Å². The van der Waals surface area contributed by atoms with Gasteiger partial charge in [-0.2, -0.15) is 0 Å². The van der Waals surface area contributed by atoms with Crippen molar-refractivity contribution in [2.75, 3.05) is 0 Å². The quantitative estimate of drug-likeness (QED) is 0.776. The largest absolute Gasteiger partial charge is 0.348 e. The van der Waals surface area contributed by atoms with Crippen LogP contribution >= 0.6 is 23.2 Å². The van der Waals surface area contributed by atoms with E-state index in [1.54, 1.807) is 36.4 Å². The van der Waals surface area contributed by atoms with E-state index in [4.69, 9.17) is 28.3 Å². The van der Waals surface area contributed by atoms with Gasteiger partial charge in [-0.05, 0) is 41.5 Å². The molecular formula is C16H14Cl2N2O3S. The smallest absolute Gasteiger partial charge is 0.244 e. The fourth-order valence-electron chi connectivity index (χ4n) is 1.85. The molecule has 0 atom stereocenters. The zero-order valence-electron chi connectivity index (χ0n) is 12.4. The van der Waals surface area contributed by atoms with Crippen LogP contribution in [0.25, 0.3) is 6.08 Å². The van der Waals surface area contributed by atoms with Crippen LogP contribution in [-0.2, 0) is 21.4 Å². The van der Waals surface area contributed by atoms with Gasteiger partial charge in [0.2, 0.25) is 15.9 Å². The first-order valence-electron chi connectivity index (χ1n) is 6.78. The molecule has 24 heavy (non-hydrogen) atoms. The second-order valence-electron chi connectivity index (χ2n) is 4.91. The number of rotatable bonds is 5. The molecular weight excluding hydrogens is 371 g/mol. The van der Waals surface area contributed by atoms with Crippen molar-refractivity contribution in [1.29, 1.82) is 0 Å². The first-order valence-corrected chi connectivity index (χ1v) is 9.08. The molecule has 0 fully saturated rings. The van der Waals surface area contributed by atoms with Gasteiger partial charge >= 0.3 is 0 Å². The van der Waals surface area contributed by atoms with Gasteiger partial charge in [0.05, 0.1) is 4.90 Å². The van der Waals surface area contributed by atoms with Gasteiger partial charge in [-0.25, -0.2) is 13.6 Å². The minimum absolute atomic E-state index is 0.0230. The van der Waals surface area contributed by atoms with Crippen LogP contribution in [0, 0.1) is 0 Å². The summed E-state index contributed by atoms with van der Waals surface area (Å²) in [6, 6.07) is 10.9. The van der Waals surface area contributed by atoms with E-state index in [-0.39, 0.29) is 17.3 Å². The molecule has 0 radical (unpaired) electrons. The molecule has 0 saturated carbocycles. The number of halogens is 2. The minimum Gasteiger partial charge on any atom is -0.348 e. The summed E-state index contributed by atoms with van der Waals surface area (Å²) in [5, 5.41) is 8.67. The van der Waals surface area contributed by atoms with Gasteiger partial charge in [0.15, 0.2) is 0 Å². The number of amides is 1. The maximum Gasteiger partial charge on any atom is 0.244 e. The van der Waals surface area contributed by atoms with Crippen molar-refractivity contribution in [2.24, 2.45) is 5.14 Å². The van der Waals surface area contributed by atoms with E-state index < -0.39 is 10.0 Å². The van der Waals surface area contributed by atoms with Crippen molar-refractivity contribution in [1.82, 2.24) is 5.32 Å². The second kappa shape index (κ2) is 7.81. The number of carbonyl (C=O) groups excluding carboxylic acids is 1. The lowest BCUT2D eigenvalue weighted by atomic mass is 10.2. The van der Waals surface area contributed by atoms with E-state index in [2.05, 4.69) is 5.32 Å². The summed E-state index contributed by atoms with van der Waals surface area (Å²) in [6.45, 7) is 0.252. The summed E-state index contributed by atoms with van der Waals surface area (Å²) in [5.41, 5.74) is 1.42. The molecule has 0 saturated heterocycles. The van der Waals surface area contributed by atoms with E-state index in [9.17, 15) is 13.2 Å². The lowest BCUT2D eigenvalue weighted by molar-refractivity contribution is -0.116. The van der Waals surface area contributed by atoms with E-state index in [0.717, 1.165) is 5.56 Å². The Kier molecular flexibility index (Phi) is 6.01. The number of hydrogen-bond acceptors (Lipinski definition) is 3. The highest BCUT2D eigenvalue weighted by Gasteiger charge is 2.07. The highest BCUT2D eigenvalue weighted by atomic mass is 35.5. The topological polar surface area (TPSA) is 89.3 Å². The Morgan fingerprint density at radius 1 is 1.12 bits per heavy atom. The summed E-state index contributed by atoms with van der Waals surface area (Å²) >= 11 is 11.8. The molecule has 0 aliphatic rings. The number of nitrogens with one attached hydrogen (secondary N) is 1. The van der Waals surface area contributed by atoms with Crippen LogP contribution in [0.2, 0.25) is 10.0 Å². The fraction of sp³-hybridized carbons (Fsp3) is 0.0625. The molecule has 0 aromatic heterocycles. The van der Waals surface area contributed by atoms with Gasteiger partial charge in [-0.15, -0.1) is 0 Å². The van der Waals surface area contributed by atoms with E-state index in [1.165, 1.54) is 18.2 Å². The zero-order chi connectivity index (χ0) is 17.7. The van der Waals surface area contributed by atoms with Gasteiger partial charge in [0, 0.05) is 22.7 Å². The first-order chi connectivity index (χ1) is 11.3. The average molecular weight is 385 g/mol. The molecule has 0 spiro atoms.